The van der Waals surface area contributed by atoms with Gasteiger partial charge in [0.25, 0.3) is 0 Å². The summed E-state index contributed by atoms with van der Waals surface area (Å²) in [4.78, 5) is 78.8. The zero-order valence-corrected chi connectivity index (χ0v) is 34.7. The molecular formula is C44H52N10O6. The van der Waals surface area contributed by atoms with Gasteiger partial charge in [0, 0.05) is 58.5 Å². The molecule has 2 aliphatic heterocycles. The van der Waals surface area contributed by atoms with Crippen LogP contribution in [0.4, 0.5) is 9.59 Å². The fourth-order valence-corrected chi connectivity index (χ4v) is 8.90. The Morgan fingerprint density at radius 2 is 1.03 bits per heavy atom. The molecule has 4 aromatic heterocycles. The molecule has 6 heterocycles. The fourth-order valence-electron chi connectivity index (χ4n) is 8.90. The highest BCUT2D eigenvalue weighted by atomic mass is 16.5. The molecule has 0 saturated carbocycles. The van der Waals surface area contributed by atoms with Crippen LogP contribution in [-0.4, -0.2) is 103 Å². The minimum atomic E-state index is -0.710. The standard InChI is InChI=1S/C44H52N10O6/c1-23(2)35(51-43(57)59-5)41(55)53-19-7-9-33(53)39-47-21-31(49-39)25-11-13-27(37-29(25)15-17-45-37)28-14-12-26(30-16-18-46-38(28)30)32-22-48-40(50-32)34-10-8-20-54(34)42(56)36(24(3)4)52-44(58)60-6/h11-18,21-24,33-36,45-46H,7-10,19-20H2,1-6H3,(H,47,49)(H,48,50)(H,51,57)(H,52,58)/t33-,34-,35-,36-/m0/s1. The van der Waals surface area contributed by atoms with E-state index in [2.05, 4.69) is 67.0 Å². The molecule has 0 unspecified atom stereocenters. The van der Waals surface area contributed by atoms with Crippen molar-refractivity contribution >= 4 is 45.8 Å². The molecular weight excluding hydrogens is 765 g/mol. The highest BCUT2D eigenvalue weighted by Gasteiger charge is 2.39. The number of benzene rings is 2. The van der Waals surface area contributed by atoms with Gasteiger partial charge >= 0.3 is 12.2 Å². The molecule has 60 heavy (non-hydrogen) atoms. The summed E-state index contributed by atoms with van der Waals surface area (Å²) in [5, 5.41) is 7.46. The lowest BCUT2D eigenvalue weighted by atomic mass is 9.95. The van der Waals surface area contributed by atoms with Crippen LogP contribution in [0.2, 0.25) is 0 Å². The Balaban J connectivity index is 1.05. The maximum Gasteiger partial charge on any atom is 0.407 e. The topological polar surface area (TPSA) is 206 Å². The number of likely N-dealkylation sites (tertiary alicyclic amines) is 2. The Kier molecular flexibility index (Phi) is 11.1. The minimum Gasteiger partial charge on any atom is -0.453 e. The number of aromatic nitrogens is 6. The number of aromatic amines is 4. The van der Waals surface area contributed by atoms with Crippen LogP contribution >= 0.6 is 0 Å². The molecule has 4 atom stereocenters. The Hall–Kier alpha value is -6.58. The normalized spacial score (nSPS) is 17.8. The Labute approximate surface area is 347 Å². The third-order valence-corrected chi connectivity index (χ3v) is 12.0. The quantitative estimate of drug-likeness (QED) is 0.0788. The van der Waals surface area contributed by atoms with Crippen LogP contribution < -0.4 is 10.6 Å². The van der Waals surface area contributed by atoms with Crippen molar-refractivity contribution < 1.29 is 28.7 Å². The van der Waals surface area contributed by atoms with Gasteiger partial charge in [0.2, 0.25) is 11.8 Å². The summed E-state index contributed by atoms with van der Waals surface area (Å²) in [7, 11) is 2.58. The number of nitrogens with one attached hydrogen (secondary N) is 6. The number of rotatable bonds is 11. The molecule has 16 nitrogen and oxygen atoms in total. The van der Waals surface area contributed by atoms with Gasteiger partial charge in [-0.25, -0.2) is 19.6 Å². The summed E-state index contributed by atoms with van der Waals surface area (Å²) >= 11 is 0. The number of hydrogen-bond acceptors (Lipinski definition) is 8. The minimum absolute atomic E-state index is 0.123. The first-order valence-corrected chi connectivity index (χ1v) is 20.6. The molecule has 6 N–H and O–H groups in total. The number of imidazole rings is 2. The van der Waals surface area contributed by atoms with E-state index in [9.17, 15) is 19.2 Å². The summed E-state index contributed by atoms with van der Waals surface area (Å²) in [6.07, 6.45) is 9.43. The monoisotopic (exact) mass is 816 g/mol. The Bertz CT molecular complexity index is 2370. The van der Waals surface area contributed by atoms with Crippen molar-refractivity contribution in [3.63, 3.8) is 0 Å². The van der Waals surface area contributed by atoms with Gasteiger partial charge in [-0.3, -0.25) is 9.59 Å². The second kappa shape index (κ2) is 16.6. The van der Waals surface area contributed by atoms with E-state index in [1.54, 1.807) is 0 Å². The highest BCUT2D eigenvalue weighted by molar-refractivity contribution is 6.09. The summed E-state index contributed by atoms with van der Waals surface area (Å²) in [6, 6.07) is 10.6. The maximum absolute atomic E-state index is 13.7. The second-order valence-corrected chi connectivity index (χ2v) is 16.3. The van der Waals surface area contributed by atoms with E-state index >= 15 is 0 Å². The van der Waals surface area contributed by atoms with Crippen molar-refractivity contribution in [1.29, 1.82) is 0 Å². The van der Waals surface area contributed by atoms with Crippen molar-refractivity contribution in [2.45, 2.75) is 77.5 Å². The first kappa shape index (κ1) is 40.2. The predicted octanol–water partition coefficient (Wildman–Crippen LogP) is 7.18. The van der Waals surface area contributed by atoms with E-state index in [0.29, 0.717) is 24.7 Å². The lowest BCUT2D eigenvalue weighted by Crippen LogP contribution is -2.51. The van der Waals surface area contributed by atoms with Gasteiger partial charge in [0.15, 0.2) is 0 Å². The largest absolute Gasteiger partial charge is 0.453 e. The number of carbonyl (C=O) groups is 4. The summed E-state index contributed by atoms with van der Waals surface area (Å²) < 4.78 is 9.58. The number of H-pyrrole nitrogens is 4. The third kappa shape index (κ3) is 7.34. The van der Waals surface area contributed by atoms with Gasteiger partial charge in [-0.1, -0.05) is 52.0 Å². The van der Waals surface area contributed by atoms with E-state index in [-0.39, 0.29) is 35.7 Å². The second-order valence-electron chi connectivity index (χ2n) is 16.3. The summed E-state index contributed by atoms with van der Waals surface area (Å²) in [5.41, 5.74) is 7.60. The average molecular weight is 817 g/mol. The maximum atomic E-state index is 13.7. The van der Waals surface area contributed by atoms with Crippen LogP contribution in [-0.2, 0) is 19.1 Å². The van der Waals surface area contributed by atoms with Crippen molar-refractivity contribution in [3.8, 4) is 33.6 Å². The van der Waals surface area contributed by atoms with Crippen LogP contribution in [0.15, 0.2) is 61.2 Å². The molecule has 4 amide bonds. The Morgan fingerprint density at radius 3 is 1.42 bits per heavy atom. The molecule has 16 heteroatoms. The van der Waals surface area contributed by atoms with Crippen molar-refractivity contribution in [1.82, 2.24) is 50.3 Å². The number of ether oxygens (including phenoxy) is 2. The number of hydrogen-bond donors (Lipinski definition) is 6. The van der Waals surface area contributed by atoms with E-state index in [0.717, 1.165) is 81.1 Å². The van der Waals surface area contributed by atoms with Gasteiger partial charge in [-0.05, 0) is 49.7 Å². The number of amides is 4. The summed E-state index contributed by atoms with van der Waals surface area (Å²) in [6.45, 7) is 8.76. The van der Waals surface area contributed by atoms with Crippen LogP contribution in [0.3, 0.4) is 0 Å². The van der Waals surface area contributed by atoms with Crippen LogP contribution in [0.5, 0.6) is 0 Å². The van der Waals surface area contributed by atoms with E-state index < -0.39 is 24.3 Å². The molecule has 8 rings (SSSR count). The number of fused-ring (bicyclic) bond motifs is 2. The molecule has 2 saturated heterocycles. The average Bonchev–Trinajstić information content (AvgIpc) is 4.10. The smallest absolute Gasteiger partial charge is 0.407 e. The van der Waals surface area contributed by atoms with E-state index in [1.807, 2.05) is 62.3 Å². The van der Waals surface area contributed by atoms with Crippen molar-refractivity contribution in [2.24, 2.45) is 11.8 Å². The zero-order chi connectivity index (χ0) is 42.2. The highest BCUT2D eigenvalue weighted by Crippen LogP contribution is 2.41. The number of methoxy groups -OCH3 is 2. The Morgan fingerprint density at radius 1 is 0.633 bits per heavy atom. The van der Waals surface area contributed by atoms with Gasteiger partial charge in [0.05, 0.1) is 61.1 Å². The van der Waals surface area contributed by atoms with Crippen LogP contribution in [0.25, 0.3) is 55.4 Å². The van der Waals surface area contributed by atoms with Gasteiger partial charge in [-0.2, -0.15) is 0 Å². The number of nitrogens with zero attached hydrogens (tertiary/aromatic N) is 4. The molecule has 0 bridgehead atoms. The molecule has 0 spiro atoms. The molecule has 2 aromatic carbocycles. The van der Waals surface area contributed by atoms with Crippen molar-refractivity contribution in [3.05, 3.63) is 72.8 Å². The molecule has 314 valence electrons. The number of alkyl carbamates (subject to hydrolysis) is 2. The van der Waals surface area contributed by atoms with Gasteiger partial charge in [0.1, 0.15) is 23.7 Å². The van der Waals surface area contributed by atoms with E-state index in [1.165, 1.54) is 14.2 Å². The van der Waals surface area contributed by atoms with Crippen molar-refractivity contribution in [2.75, 3.05) is 27.3 Å². The molecule has 2 fully saturated rings. The number of carbonyl (C=O) groups excluding carboxylic acids is 4. The lowest BCUT2D eigenvalue weighted by molar-refractivity contribution is -0.136. The van der Waals surface area contributed by atoms with E-state index in [4.69, 9.17) is 19.4 Å². The fraction of sp³-hybridized carbons (Fsp3) is 0.409. The van der Waals surface area contributed by atoms with Gasteiger partial charge in [-0.15, -0.1) is 0 Å². The van der Waals surface area contributed by atoms with Gasteiger partial charge < -0.3 is 49.8 Å². The SMILES string of the molecule is COC(=O)N[C@H](C(=O)N1CCC[C@H]1c1ncc(-c2ccc(-c3ccc(-c4cnc([C@@H]5CCCN5C(=O)[C@@H](NC(=O)OC)C(C)C)[nH]4)c4cc[nH]c34)c3[nH]ccc23)[nH]1)C(C)C. The lowest BCUT2D eigenvalue weighted by Gasteiger charge is -2.30. The molecule has 0 radical (unpaired) electrons. The first-order chi connectivity index (χ1) is 29.0. The summed E-state index contributed by atoms with van der Waals surface area (Å²) in [5.74, 6) is 0.862. The predicted molar refractivity (Wildman–Crippen MR) is 226 cm³/mol. The third-order valence-electron chi connectivity index (χ3n) is 12.0. The molecule has 2 aliphatic rings. The first-order valence-electron chi connectivity index (χ1n) is 20.6. The van der Waals surface area contributed by atoms with Crippen LogP contribution in [0.1, 0.15) is 77.1 Å². The molecule has 6 aromatic rings. The molecule has 0 aliphatic carbocycles. The zero-order valence-electron chi connectivity index (χ0n) is 34.7. The van der Waals surface area contributed by atoms with Crippen LogP contribution in [0, 0.1) is 11.8 Å².